The number of nitrogens with one attached hydrogen (secondary N) is 2. The largest absolute Gasteiger partial charge is 0.468 e. The van der Waals surface area contributed by atoms with E-state index in [-0.39, 0.29) is 6.42 Å². The SMILES string of the molecule is COC(=O)CNC(=O)C(c1cccc(C)c1)N(CC#N)C(=O)C(CCSC)NC(=O)OC(C)(C)C. The van der Waals surface area contributed by atoms with E-state index in [1.54, 1.807) is 39.0 Å². The van der Waals surface area contributed by atoms with Crippen LogP contribution in [0, 0.1) is 18.3 Å². The van der Waals surface area contributed by atoms with E-state index in [0.717, 1.165) is 10.5 Å². The number of thioether (sulfide) groups is 1. The molecule has 0 fully saturated rings. The molecule has 2 N–H and O–H groups in total. The Hall–Kier alpha value is -3.26. The van der Waals surface area contributed by atoms with Crippen LogP contribution in [0.4, 0.5) is 4.79 Å². The molecule has 2 unspecified atom stereocenters. The van der Waals surface area contributed by atoms with Gasteiger partial charge in [-0.3, -0.25) is 14.4 Å². The molecule has 0 spiro atoms. The third kappa shape index (κ3) is 10.3. The minimum absolute atomic E-state index is 0.255. The molecule has 0 aliphatic heterocycles. The molecule has 0 radical (unpaired) electrons. The Morgan fingerprint density at radius 2 is 1.91 bits per heavy atom. The molecular formula is C24H34N4O6S. The molecule has 192 valence electrons. The van der Waals surface area contributed by atoms with Crippen LogP contribution in [0.3, 0.4) is 0 Å². The normalized spacial score (nSPS) is 12.5. The quantitative estimate of drug-likeness (QED) is 0.344. The third-order valence-electron chi connectivity index (χ3n) is 4.68. The Labute approximate surface area is 210 Å². The van der Waals surface area contributed by atoms with Crippen molar-refractivity contribution in [3.05, 3.63) is 35.4 Å². The van der Waals surface area contributed by atoms with E-state index in [0.29, 0.717) is 11.3 Å². The average Bonchev–Trinajstić information content (AvgIpc) is 2.78. The van der Waals surface area contributed by atoms with Gasteiger partial charge in [-0.15, -0.1) is 0 Å². The van der Waals surface area contributed by atoms with Gasteiger partial charge in [-0.2, -0.15) is 17.0 Å². The lowest BCUT2D eigenvalue weighted by Gasteiger charge is -2.33. The van der Waals surface area contributed by atoms with Crippen molar-refractivity contribution in [3.8, 4) is 6.07 Å². The van der Waals surface area contributed by atoms with Gasteiger partial charge in [-0.1, -0.05) is 29.8 Å². The molecule has 10 nitrogen and oxygen atoms in total. The lowest BCUT2D eigenvalue weighted by atomic mass is 10.0. The Kier molecular flexibility index (Phi) is 12.1. The topological polar surface area (TPSA) is 138 Å². The minimum atomic E-state index is -1.22. The number of alkyl carbamates (subject to hydrolysis) is 1. The van der Waals surface area contributed by atoms with Crippen molar-refractivity contribution < 1.29 is 28.7 Å². The molecule has 11 heteroatoms. The van der Waals surface area contributed by atoms with E-state index in [2.05, 4.69) is 15.4 Å². The number of nitriles is 1. The van der Waals surface area contributed by atoms with Crippen molar-refractivity contribution in [2.75, 3.05) is 32.2 Å². The Morgan fingerprint density at radius 3 is 2.46 bits per heavy atom. The van der Waals surface area contributed by atoms with Crippen LogP contribution in [0.5, 0.6) is 0 Å². The molecule has 2 atom stereocenters. The van der Waals surface area contributed by atoms with E-state index in [9.17, 15) is 24.4 Å². The summed E-state index contributed by atoms with van der Waals surface area (Å²) in [4.78, 5) is 52.0. The van der Waals surface area contributed by atoms with E-state index < -0.39 is 54.7 Å². The van der Waals surface area contributed by atoms with Crippen LogP contribution in [-0.2, 0) is 23.9 Å². The summed E-state index contributed by atoms with van der Waals surface area (Å²) in [6, 6.07) is 6.61. The van der Waals surface area contributed by atoms with Crippen LogP contribution >= 0.6 is 11.8 Å². The highest BCUT2D eigenvalue weighted by atomic mass is 32.2. The molecule has 0 heterocycles. The molecule has 1 aromatic carbocycles. The maximum Gasteiger partial charge on any atom is 0.408 e. The first-order valence-electron chi connectivity index (χ1n) is 11.0. The second kappa shape index (κ2) is 14.2. The standard InChI is InChI=1S/C24H34N4O6S/c1-16-8-7-9-17(14-16)20(21(30)26-15-19(29)33-5)28(12-11-25)22(31)18(10-13-35-6)27-23(32)34-24(2,3)4/h7-9,14,18,20H,10,12-13,15H2,1-6H3,(H,26,30)(H,27,32). The van der Waals surface area contributed by atoms with Gasteiger partial charge >= 0.3 is 12.1 Å². The smallest absolute Gasteiger partial charge is 0.408 e. The molecule has 0 aliphatic rings. The molecule has 0 aromatic heterocycles. The summed E-state index contributed by atoms with van der Waals surface area (Å²) >= 11 is 1.48. The van der Waals surface area contributed by atoms with E-state index in [4.69, 9.17) is 4.74 Å². The van der Waals surface area contributed by atoms with E-state index in [1.807, 2.05) is 25.3 Å². The van der Waals surface area contributed by atoms with Crippen LogP contribution in [0.1, 0.15) is 44.4 Å². The first-order valence-corrected chi connectivity index (χ1v) is 12.4. The van der Waals surface area contributed by atoms with Gasteiger partial charge in [0.1, 0.15) is 30.8 Å². The highest BCUT2D eigenvalue weighted by molar-refractivity contribution is 7.98. The molecule has 0 bridgehead atoms. The van der Waals surface area contributed by atoms with Crippen molar-refractivity contribution in [3.63, 3.8) is 0 Å². The summed E-state index contributed by atoms with van der Waals surface area (Å²) in [7, 11) is 1.19. The molecule has 1 aromatic rings. The first-order chi connectivity index (χ1) is 16.4. The summed E-state index contributed by atoms with van der Waals surface area (Å²) in [5, 5.41) is 14.5. The van der Waals surface area contributed by atoms with Crippen LogP contribution in [-0.4, -0.2) is 72.6 Å². The zero-order chi connectivity index (χ0) is 26.6. The van der Waals surface area contributed by atoms with Gasteiger partial charge in [0.25, 0.3) is 0 Å². The molecular weight excluding hydrogens is 472 g/mol. The van der Waals surface area contributed by atoms with Crippen molar-refractivity contribution in [2.45, 2.75) is 51.8 Å². The number of rotatable bonds is 11. The van der Waals surface area contributed by atoms with Gasteiger partial charge in [0, 0.05) is 0 Å². The van der Waals surface area contributed by atoms with Gasteiger partial charge in [0.05, 0.1) is 13.2 Å². The highest BCUT2D eigenvalue weighted by Crippen LogP contribution is 2.24. The number of carbonyl (C=O) groups is 4. The lowest BCUT2D eigenvalue weighted by molar-refractivity contribution is -0.144. The molecule has 1 rings (SSSR count). The maximum atomic E-state index is 13.7. The zero-order valence-electron chi connectivity index (χ0n) is 21.0. The number of esters is 1. The number of benzene rings is 1. The second-order valence-corrected chi connectivity index (χ2v) is 9.70. The predicted octanol–water partition coefficient (Wildman–Crippen LogP) is 2.32. The fourth-order valence-electron chi connectivity index (χ4n) is 3.16. The number of hydrogen-bond donors (Lipinski definition) is 2. The Bertz CT molecular complexity index is 941. The van der Waals surface area contributed by atoms with Crippen LogP contribution < -0.4 is 10.6 Å². The number of hydrogen-bond acceptors (Lipinski definition) is 8. The van der Waals surface area contributed by atoms with Gasteiger partial charge in [-0.25, -0.2) is 4.79 Å². The Balaban J connectivity index is 3.39. The number of aryl methyl sites for hydroxylation is 1. The van der Waals surface area contributed by atoms with Crippen LogP contribution in [0.25, 0.3) is 0 Å². The average molecular weight is 507 g/mol. The first kappa shape index (κ1) is 29.8. The maximum absolute atomic E-state index is 13.7. The fraction of sp³-hybridized carbons (Fsp3) is 0.542. The van der Waals surface area contributed by atoms with E-state index in [1.165, 1.54) is 18.9 Å². The van der Waals surface area contributed by atoms with Crippen molar-refractivity contribution in [1.82, 2.24) is 15.5 Å². The Morgan fingerprint density at radius 1 is 1.23 bits per heavy atom. The summed E-state index contributed by atoms with van der Waals surface area (Å²) in [6.07, 6.45) is 1.33. The summed E-state index contributed by atoms with van der Waals surface area (Å²) in [6.45, 7) is 6.11. The number of carbonyl (C=O) groups excluding carboxylic acids is 4. The molecule has 0 saturated heterocycles. The van der Waals surface area contributed by atoms with Gasteiger partial charge in [0.15, 0.2) is 0 Å². The molecule has 3 amide bonds. The van der Waals surface area contributed by atoms with Gasteiger partial charge in [0.2, 0.25) is 11.8 Å². The van der Waals surface area contributed by atoms with Crippen molar-refractivity contribution >= 4 is 35.6 Å². The van der Waals surface area contributed by atoms with Crippen LogP contribution in [0.15, 0.2) is 24.3 Å². The van der Waals surface area contributed by atoms with Gasteiger partial charge in [-0.05, 0) is 51.7 Å². The predicted molar refractivity (Wildman–Crippen MR) is 132 cm³/mol. The second-order valence-electron chi connectivity index (χ2n) is 8.72. The fourth-order valence-corrected chi connectivity index (χ4v) is 3.63. The van der Waals surface area contributed by atoms with E-state index >= 15 is 0 Å². The zero-order valence-corrected chi connectivity index (χ0v) is 21.9. The lowest BCUT2D eigenvalue weighted by Crippen LogP contribution is -2.53. The van der Waals surface area contributed by atoms with Gasteiger partial charge < -0.3 is 25.0 Å². The van der Waals surface area contributed by atoms with Crippen LogP contribution in [0.2, 0.25) is 0 Å². The van der Waals surface area contributed by atoms with Crippen molar-refractivity contribution in [2.24, 2.45) is 0 Å². The summed E-state index contributed by atoms with van der Waals surface area (Å²) in [5.41, 5.74) is 0.516. The number of ether oxygens (including phenoxy) is 2. The highest BCUT2D eigenvalue weighted by Gasteiger charge is 2.36. The molecule has 0 saturated carbocycles. The molecule has 0 aliphatic carbocycles. The minimum Gasteiger partial charge on any atom is -0.468 e. The summed E-state index contributed by atoms with van der Waals surface area (Å²) < 4.78 is 9.88. The number of methoxy groups -OCH3 is 1. The monoisotopic (exact) mass is 506 g/mol. The molecule has 35 heavy (non-hydrogen) atoms. The third-order valence-corrected chi connectivity index (χ3v) is 5.32. The number of amides is 3. The summed E-state index contributed by atoms with van der Waals surface area (Å²) in [5.74, 6) is -1.41. The number of nitrogens with zero attached hydrogens (tertiary/aromatic N) is 2. The van der Waals surface area contributed by atoms with Crippen molar-refractivity contribution in [1.29, 1.82) is 5.26 Å².